The summed E-state index contributed by atoms with van der Waals surface area (Å²) in [6.07, 6.45) is 0. The Morgan fingerprint density at radius 3 is 2.16 bits per heavy atom. The molecule has 0 aliphatic heterocycles. The van der Waals surface area contributed by atoms with Gasteiger partial charge in [-0.2, -0.15) is 0 Å². The lowest BCUT2D eigenvalue weighted by Gasteiger charge is -2.13. The first kappa shape index (κ1) is 13.7. The largest absolute Gasteiger partial charge is 0.257 e. The van der Waals surface area contributed by atoms with E-state index in [1.54, 1.807) is 12.1 Å². The standard InChI is InChI=1S/C17H19FN/c1-11(2)16-9-14(10-17(19-16)12(3)4)13-5-7-15(18)8-6-13/h5-9,11-12H,1-4H3. The molecular weight excluding hydrogens is 237 g/mol. The molecule has 0 saturated heterocycles. The van der Waals surface area contributed by atoms with Gasteiger partial charge in [-0.05, 0) is 41.2 Å². The van der Waals surface area contributed by atoms with Gasteiger partial charge in [0.05, 0.1) is 5.69 Å². The van der Waals surface area contributed by atoms with Crippen molar-refractivity contribution < 1.29 is 4.39 Å². The van der Waals surface area contributed by atoms with Crippen LogP contribution < -0.4 is 0 Å². The van der Waals surface area contributed by atoms with E-state index in [1.807, 2.05) is 6.07 Å². The van der Waals surface area contributed by atoms with Crippen molar-refractivity contribution in [1.82, 2.24) is 4.98 Å². The van der Waals surface area contributed by atoms with Gasteiger partial charge in [-0.3, -0.25) is 4.98 Å². The summed E-state index contributed by atoms with van der Waals surface area (Å²) in [6.45, 7) is 8.47. The van der Waals surface area contributed by atoms with Crippen molar-refractivity contribution in [2.75, 3.05) is 0 Å². The highest BCUT2D eigenvalue weighted by atomic mass is 19.1. The lowest BCUT2D eigenvalue weighted by molar-refractivity contribution is 0.628. The van der Waals surface area contributed by atoms with Crippen LogP contribution in [-0.4, -0.2) is 4.98 Å². The van der Waals surface area contributed by atoms with Crippen LogP contribution in [0, 0.1) is 11.9 Å². The zero-order valence-electron chi connectivity index (χ0n) is 11.9. The number of nitrogens with zero attached hydrogens (tertiary/aromatic N) is 1. The second kappa shape index (κ2) is 5.52. The van der Waals surface area contributed by atoms with Crippen LogP contribution in [0.15, 0.2) is 30.3 Å². The first-order chi connectivity index (χ1) is 8.97. The zero-order valence-corrected chi connectivity index (χ0v) is 11.9. The molecule has 1 radical (unpaired) electrons. The molecule has 0 saturated carbocycles. The quantitative estimate of drug-likeness (QED) is 0.758. The molecule has 0 atom stereocenters. The van der Waals surface area contributed by atoms with Crippen molar-refractivity contribution in [3.63, 3.8) is 0 Å². The van der Waals surface area contributed by atoms with Crippen molar-refractivity contribution in [2.45, 2.75) is 39.5 Å². The first-order valence-corrected chi connectivity index (χ1v) is 6.67. The second-order valence-electron chi connectivity index (χ2n) is 5.42. The maximum Gasteiger partial charge on any atom is 0.123 e. The molecule has 99 valence electrons. The molecule has 0 aliphatic rings. The molecule has 2 aromatic rings. The van der Waals surface area contributed by atoms with Crippen LogP contribution in [0.5, 0.6) is 0 Å². The topological polar surface area (TPSA) is 12.9 Å². The van der Waals surface area contributed by atoms with Crippen molar-refractivity contribution >= 4 is 0 Å². The summed E-state index contributed by atoms with van der Waals surface area (Å²) in [7, 11) is 0. The maximum absolute atomic E-state index is 13.0. The molecule has 0 fully saturated rings. The van der Waals surface area contributed by atoms with Crippen LogP contribution in [0.25, 0.3) is 11.1 Å². The summed E-state index contributed by atoms with van der Waals surface area (Å²) in [5.74, 6) is 0.482. The highest BCUT2D eigenvalue weighted by Gasteiger charge is 2.10. The third-order valence-corrected chi connectivity index (χ3v) is 3.10. The number of halogens is 1. The Kier molecular flexibility index (Phi) is 3.98. The lowest BCUT2D eigenvalue weighted by atomic mass is 9.98. The average molecular weight is 256 g/mol. The van der Waals surface area contributed by atoms with Gasteiger partial charge in [-0.15, -0.1) is 0 Å². The van der Waals surface area contributed by atoms with Crippen LogP contribution in [0.3, 0.4) is 0 Å². The zero-order chi connectivity index (χ0) is 14.0. The molecule has 1 nitrogen and oxygen atoms in total. The molecule has 19 heavy (non-hydrogen) atoms. The van der Waals surface area contributed by atoms with E-state index in [4.69, 9.17) is 0 Å². The van der Waals surface area contributed by atoms with Crippen LogP contribution >= 0.6 is 0 Å². The normalized spacial score (nSPS) is 11.3. The Hall–Kier alpha value is -1.70. The van der Waals surface area contributed by atoms with Gasteiger partial charge in [0.15, 0.2) is 0 Å². The van der Waals surface area contributed by atoms with E-state index in [2.05, 4.69) is 38.7 Å². The fourth-order valence-corrected chi connectivity index (χ4v) is 1.88. The summed E-state index contributed by atoms with van der Waals surface area (Å²) in [6, 6.07) is 11.9. The third-order valence-electron chi connectivity index (χ3n) is 3.10. The summed E-state index contributed by atoms with van der Waals surface area (Å²) in [5, 5.41) is 0. The second-order valence-corrected chi connectivity index (χ2v) is 5.42. The lowest BCUT2D eigenvalue weighted by Crippen LogP contribution is -2.01. The van der Waals surface area contributed by atoms with Gasteiger partial charge in [0.2, 0.25) is 0 Å². The molecule has 1 aromatic heterocycles. The number of hydrogen-bond acceptors (Lipinski definition) is 1. The van der Waals surface area contributed by atoms with E-state index in [0.717, 1.165) is 22.5 Å². The van der Waals surface area contributed by atoms with E-state index in [-0.39, 0.29) is 5.82 Å². The van der Waals surface area contributed by atoms with Crippen molar-refractivity contribution in [2.24, 2.45) is 0 Å². The van der Waals surface area contributed by atoms with Gasteiger partial charge >= 0.3 is 0 Å². The number of benzene rings is 1. The molecule has 2 heteroatoms. The predicted molar refractivity (Wildman–Crippen MR) is 76.6 cm³/mol. The Morgan fingerprint density at radius 1 is 1.00 bits per heavy atom. The maximum atomic E-state index is 13.0. The molecule has 0 spiro atoms. The van der Waals surface area contributed by atoms with E-state index < -0.39 is 0 Å². The minimum absolute atomic E-state index is 0.217. The van der Waals surface area contributed by atoms with E-state index in [9.17, 15) is 4.39 Å². The summed E-state index contributed by atoms with van der Waals surface area (Å²) in [5.41, 5.74) is 3.99. The van der Waals surface area contributed by atoms with E-state index >= 15 is 0 Å². The Balaban J connectivity index is 2.52. The smallest absolute Gasteiger partial charge is 0.123 e. The van der Waals surface area contributed by atoms with Gasteiger partial charge in [0.25, 0.3) is 0 Å². The molecule has 0 amide bonds. The SMILES string of the molecule is CC(C)c1[c]c(-c2ccc(F)cc2)cc(C(C)C)n1. The minimum atomic E-state index is -0.217. The molecule has 0 unspecified atom stereocenters. The van der Waals surface area contributed by atoms with Gasteiger partial charge in [0, 0.05) is 11.8 Å². The number of rotatable bonds is 3. The number of aromatic nitrogens is 1. The van der Waals surface area contributed by atoms with Crippen molar-refractivity contribution in [1.29, 1.82) is 0 Å². The summed E-state index contributed by atoms with van der Waals surface area (Å²) in [4.78, 5) is 4.65. The Labute approximate surface area is 114 Å². The fourth-order valence-electron chi connectivity index (χ4n) is 1.88. The highest BCUT2D eigenvalue weighted by Crippen LogP contribution is 2.26. The van der Waals surface area contributed by atoms with Crippen LogP contribution in [0.4, 0.5) is 4.39 Å². The Bertz CT molecular complexity index is 530. The van der Waals surface area contributed by atoms with Gasteiger partial charge < -0.3 is 0 Å². The molecule has 1 heterocycles. The van der Waals surface area contributed by atoms with Crippen molar-refractivity contribution in [3.8, 4) is 11.1 Å². The molecule has 0 N–H and O–H groups in total. The number of pyridine rings is 1. The fraction of sp³-hybridized carbons (Fsp3) is 0.353. The van der Waals surface area contributed by atoms with Crippen LogP contribution in [-0.2, 0) is 0 Å². The van der Waals surface area contributed by atoms with Gasteiger partial charge in [0.1, 0.15) is 5.82 Å². The first-order valence-electron chi connectivity index (χ1n) is 6.67. The van der Waals surface area contributed by atoms with Gasteiger partial charge in [-0.25, -0.2) is 4.39 Å². The molecule has 0 aliphatic carbocycles. The third kappa shape index (κ3) is 3.19. The Morgan fingerprint density at radius 2 is 1.63 bits per heavy atom. The van der Waals surface area contributed by atoms with Gasteiger partial charge in [-0.1, -0.05) is 39.8 Å². The molecule has 1 aromatic carbocycles. The summed E-state index contributed by atoms with van der Waals surface area (Å²) < 4.78 is 13.0. The molecular formula is C17H19FN. The van der Waals surface area contributed by atoms with E-state index in [1.165, 1.54) is 12.1 Å². The summed E-state index contributed by atoms with van der Waals surface area (Å²) >= 11 is 0. The van der Waals surface area contributed by atoms with Crippen LogP contribution in [0.2, 0.25) is 0 Å². The van der Waals surface area contributed by atoms with Crippen LogP contribution in [0.1, 0.15) is 50.9 Å². The number of hydrogen-bond donors (Lipinski definition) is 0. The highest BCUT2D eigenvalue weighted by molar-refractivity contribution is 5.63. The molecule has 0 bridgehead atoms. The monoisotopic (exact) mass is 256 g/mol. The molecule has 2 rings (SSSR count). The predicted octanol–water partition coefficient (Wildman–Crippen LogP) is 4.93. The average Bonchev–Trinajstić information content (AvgIpc) is 2.39. The van der Waals surface area contributed by atoms with Crippen molar-refractivity contribution in [3.05, 3.63) is 53.6 Å². The minimum Gasteiger partial charge on any atom is -0.257 e. The van der Waals surface area contributed by atoms with E-state index in [0.29, 0.717) is 11.8 Å².